The average molecular weight is 218 g/mol. The summed E-state index contributed by atoms with van der Waals surface area (Å²) in [6.45, 7) is 6.36. The number of nitrogens with zero attached hydrogens (tertiary/aromatic N) is 3. The van der Waals surface area contributed by atoms with Crippen molar-refractivity contribution in [3.05, 3.63) is 24.2 Å². The molecule has 16 heavy (non-hydrogen) atoms. The second-order valence-corrected chi connectivity index (χ2v) is 4.05. The Hall–Kier alpha value is -1.58. The molecular formula is C12H18N4. The lowest BCUT2D eigenvalue weighted by Gasteiger charge is -2.15. The first-order chi connectivity index (χ1) is 7.74. The van der Waals surface area contributed by atoms with Crippen LogP contribution in [0.4, 0.5) is 5.82 Å². The Balaban J connectivity index is 2.36. The molecule has 0 aliphatic heterocycles. The molecule has 2 rings (SSSR count). The quantitative estimate of drug-likeness (QED) is 0.857. The molecule has 0 saturated carbocycles. The van der Waals surface area contributed by atoms with Gasteiger partial charge in [0.25, 0.3) is 0 Å². The van der Waals surface area contributed by atoms with Crippen LogP contribution in [0.25, 0.3) is 5.52 Å². The highest BCUT2D eigenvalue weighted by atomic mass is 15.2. The van der Waals surface area contributed by atoms with E-state index < -0.39 is 0 Å². The SMILES string of the molecule is CCC(CC)Nc1nccn2nc(C)cc12. The molecule has 0 fully saturated rings. The molecule has 0 amide bonds. The summed E-state index contributed by atoms with van der Waals surface area (Å²) in [5, 5.41) is 7.83. The highest BCUT2D eigenvalue weighted by Crippen LogP contribution is 2.16. The van der Waals surface area contributed by atoms with Crippen LogP contribution in [0.3, 0.4) is 0 Å². The zero-order valence-electron chi connectivity index (χ0n) is 10.1. The lowest BCUT2D eigenvalue weighted by molar-refractivity contribution is 0.668. The summed E-state index contributed by atoms with van der Waals surface area (Å²) >= 11 is 0. The lowest BCUT2D eigenvalue weighted by Crippen LogP contribution is -2.18. The van der Waals surface area contributed by atoms with Crippen molar-refractivity contribution in [1.29, 1.82) is 0 Å². The van der Waals surface area contributed by atoms with E-state index in [2.05, 4.69) is 35.3 Å². The minimum absolute atomic E-state index is 0.480. The monoisotopic (exact) mass is 218 g/mol. The van der Waals surface area contributed by atoms with E-state index in [1.54, 1.807) is 6.20 Å². The molecule has 1 N–H and O–H groups in total. The van der Waals surface area contributed by atoms with Gasteiger partial charge < -0.3 is 5.32 Å². The zero-order valence-corrected chi connectivity index (χ0v) is 10.1. The first kappa shape index (κ1) is 10.9. The average Bonchev–Trinajstić information content (AvgIpc) is 2.67. The molecule has 0 spiro atoms. The predicted molar refractivity (Wildman–Crippen MR) is 65.7 cm³/mol. The summed E-state index contributed by atoms with van der Waals surface area (Å²) in [6, 6.07) is 2.53. The Labute approximate surface area is 95.7 Å². The Kier molecular flexibility index (Phi) is 3.08. The van der Waals surface area contributed by atoms with Gasteiger partial charge in [0.15, 0.2) is 5.82 Å². The maximum atomic E-state index is 4.38. The maximum absolute atomic E-state index is 4.38. The fraction of sp³-hybridized carbons (Fsp3) is 0.500. The molecule has 0 aliphatic rings. The molecule has 4 nitrogen and oxygen atoms in total. The van der Waals surface area contributed by atoms with Crippen molar-refractivity contribution in [2.45, 2.75) is 39.7 Å². The molecular weight excluding hydrogens is 200 g/mol. The molecule has 2 heterocycles. The number of rotatable bonds is 4. The summed E-state index contributed by atoms with van der Waals surface area (Å²) in [4.78, 5) is 4.38. The Morgan fingerprint density at radius 2 is 2.12 bits per heavy atom. The number of aryl methyl sites for hydroxylation is 1. The van der Waals surface area contributed by atoms with Crippen molar-refractivity contribution in [2.75, 3.05) is 5.32 Å². The van der Waals surface area contributed by atoms with Gasteiger partial charge in [0.2, 0.25) is 0 Å². The fourth-order valence-electron chi connectivity index (χ4n) is 1.84. The smallest absolute Gasteiger partial charge is 0.152 e. The van der Waals surface area contributed by atoms with Gasteiger partial charge in [0.05, 0.1) is 5.69 Å². The van der Waals surface area contributed by atoms with E-state index in [1.165, 1.54) is 0 Å². The summed E-state index contributed by atoms with van der Waals surface area (Å²) in [7, 11) is 0. The van der Waals surface area contributed by atoms with E-state index in [0.29, 0.717) is 6.04 Å². The van der Waals surface area contributed by atoms with Gasteiger partial charge in [0, 0.05) is 18.4 Å². The number of anilines is 1. The van der Waals surface area contributed by atoms with E-state index in [0.717, 1.165) is 29.9 Å². The predicted octanol–water partition coefficient (Wildman–Crippen LogP) is 2.64. The van der Waals surface area contributed by atoms with Crippen molar-refractivity contribution in [3.63, 3.8) is 0 Å². The molecule has 0 aliphatic carbocycles. The summed E-state index contributed by atoms with van der Waals surface area (Å²) in [5.74, 6) is 0.928. The van der Waals surface area contributed by atoms with Gasteiger partial charge in [-0.15, -0.1) is 0 Å². The normalized spacial score (nSPS) is 11.2. The third-order valence-electron chi connectivity index (χ3n) is 2.84. The third-order valence-corrected chi connectivity index (χ3v) is 2.84. The lowest BCUT2D eigenvalue weighted by atomic mass is 10.2. The largest absolute Gasteiger partial charge is 0.366 e. The van der Waals surface area contributed by atoms with Crippen LogP contribution >= 0.6 is 0 Å². The van der Waals surface area contributed by atoms with Crippen LogP contribution < -0.4 is 5.32 Å². The fourth-order valence-corrected chi connectivity index (χ4v) is 1.84. The standard InChI is InChI=1S/C12H18N4/c1-4-10(5-2)14-12-11-8-9(3)15-16(11)7-6-13-12/h6-8,10H,4-5H2,1-3H3,(H,13,14). The highest BCUT2D eigenvalue weighted by molar-refractivity contribution is 5.67. The first-order valence-electron chi connectivity index (χ1n) is 5.82. The minimum atomic E-state index is 0.480. The van der Waals surface area contributed by atoms with Crippen LogP contribution in [0, 0.1) is 6.92 Å². The van der Waals surface area contributed by atoms with Crippen LogP contribution in [0.15, 0.2) is 18.5 Å². The van der Waals surface area contributed by atoms with Crippen molar-refractivity contribution in [3.8, 4) is 0 Å². The molecule has 0 bridgehead atoms. The molecule has 0 atom stereocenters. The Morgan fingerprint density at radius 1 is 1.38 bits per heavy atom. The number of fused-ring (bicyclic) bond motifs is 1. The second-order valence-electron chi connectivity index (χ2n) is 4.05. The van der Waals surface area contributed by atoms with Crippen molar-refractivity contribution >= 4 is 11.3 Å². The van der Waals surface area contributed by atoms with E-state index in [1.807, 2.05) is 17.6 Å². The van der Waals surface area contributed by atoms with Crippen LogP contribution in [0.1, 0.15) is 32.4 Å². The van der Waals surface area contributed by atoms with Crippen molar-refractivity contribution in [2.24, 2.45) is 0 Å². The maximum Gasteiger partial charge on any atom is 0.152 e. The molecule has 0 saturated heterocycles. The van der Waals surface area contributed by atoms with Gasteiger partial charge in [0.1, 0.15) is 5.52 Å². The molecule has 86 valence electrons. The second kappa shape index (κ2) is 4.51. The van der Waals surface area contributed by atoms with Gasteiger partial charge in [-0.3, -0.25) is 0 Å². The summed E-state index contributed by atoms with van der Waals surface area (Å²) < 4.78 is 1.87. The summed E-state index contributed by atoms with van der Waals surface area (Å²) in [6.07, 6.45) is 5.86. The number of hydrogen-bond acceptors (Lipinski definition) is 3. The number of aromatic nitrogens is 3. The molecule has 0 unspecified atom stereocenters. The number of nitrogens with one attached hydrogen (secondary N) is 1. The van der Waals surface area contributed by atoms with Crippen molar-refractivity contribution < 1.29 is 0 Å². The topological polar surface area (TPSA) is 42.2 Å². The van der Waals surface area contributed by atoms with E-state index >= 15 is 0 Å². The molecule has 4 heteroatoms. The van der Waals surface area contributed by atoms with Crippen molar-refractivity contribution in [1.82, 2.24) is 14.6 Å². The van der Waals surface area contributed by atoms with Gasteiger partial charge in [-0.05, 0) is 25.8 Å². The Bertz CT molecular complexity index is 471. The van der Waals surface area contributed by atoms with Crippen LogP contribution in [0.5, 0.6) is 0 Å². The van der Waals surface area contributed by atoms with Gasteiger partial charge >= 0.3 is 0 Å². The zero-order chi connectivity index (χ0) is 11.5. The van der Waals surface area contributed by atoms with Crippen LogP contribution in [-0.2, 0) is 0 Å². The third kappa shape index (κ3) is 2.01. The van der Waals surface area contributed by atoms with Gasteiger partial charge in [-0.25, -0.2) is 9.50 Å². The van der Waals surface area contributed by atoms with E-state index in [9.17, 15) is 0 Å². The molecule has 0 radical (unpaired) electrons. The van der Waals surface area contributed by atoms with E-state index in [-0.39, 0.29) is 0 Å². The van der Waals surface area contributed by atoms with Crippen LogP contribution in [0.2, 0.25) is 0 Å². The Morgan fingerprint density at radius 3 is 2.81 bits per heavy atom. The van der Waals surface area contributed by atoms with Crippen LogP contribution in [-0.4, -0.2) is 20.6 Å². The molecule has 2 aromatic heterocycles. The van der Waals surface area contributed by atoms with Gasteiger partial charge in [-0.1, -0.05) is 13.8 Å². The number of hydrogen-bond donors (Lipinski definition) is 1. The minimum Gasteiger partial charge on any atom is -0.366 e. The molecule has 2 aromatic rings. The van der Waals surface area contributed by atoms with Gasteiger partial charge in [-0.2, -0.15) is 5.10 Å². The molecule has 0 aromatic carbocycles. The highest BCUT2D eigenvalue weighted by Gasteiger charge is 2.08. The first-order valence-corrected chi connectivity index (χ1v) is 5.82. The summed E-state index contributed by atoms with van der Waals surface area (Å²) in [5.41, 5.74) is 2.06. The van der Waals surface area contributed by atoms with E-state index in [4.69, 9.17) is 0 Å².